The minimum atomic E-state index is -0.615. The summed E-state index contributed by atoms with van der Waals surface area (Å²) in [6.45, 7) is 3.39. The lowest BCUT2D eigenvalue weighted by molar-refractivity contribution is 0.245. The molecular formula is C21H28FIN4O. The minimum absolute atomic E-state index is 0. The number of aliphatic imine (C=N–C) groups is 1. The topological polar surface area (TPSA) is 59.9 Å². The summed E-state index contributed by atoms with van der Waals surface area (Å²) in [7, 11) is 1.72. The number of hydrogen-bond donors (Lipinski definition) is 3. The average molecular weight is 498 g/mol. The molecule has 1 aliphatic heterocycles. The number of benzene rings is 2. The molecule has 3 rings (SSSR count). The number of halogens is 2. The molecule has 0 spiro atoms. The summed E-state index contributed by atoms with van der Waals surface area (Å²) in [5, 5.41) is 15.9. The van der Waals surface area contributed by atoms with Gasteiger partial charge in [-0.2, -0.15) is 0 Å². The van der Waals surface area contributed by atoms with Gasteiger partial charge in [-0.15, -0.1) is 24.0 Å². The Hall–Kier alpha value is -1.87. The van der Waals surface area contributed by atoms with Gasteiger partial charge in [0, 0.05) is 20.1 Å². The van der Waals surface area contributed by atoms with E-state index in [1.54, 1.807) is 13.1 Å². The number of aromatic hydroxyl groups is 1. The lowest BCUT2D eigenvalue weighted by Gasteiger charge is -2.29. The number of likely N-dealkylation sites (tertiary alicyclic amines) is 1. The van der Waals surface area contributed by atoms with Crippen molar-refractivity contribution in [1.29, 1.82) is 0 Å². The van der Waals surface area contributed by atoms with E-state index in [0.717, 1.165) is 25.2 Å². The Labute approximate surface area is 183 Å². The Kier molecular flexibility index (Phi) is 8.98. The Balaban J connectivity index is 0.00000280. The number of nitrogens with zero attached hydrogens (tertiary/aromatic N) is 2. The van der Waals surface area contributed by atoms with Gasteiger partial charge in [0.05, 0.1) is 6.04 Å². The Morgan fingerprint density at radius 3 is 2.50 bits per heavy atom. The molecule has 7 heteroatoms. The molecule has 3 N–H and O–H groups in total. The lowest BCUT2D eigenvalue weighted by atomic mass is 10.1. The second kappa shape index (κ2) is 11.2. The average Bonchev–Trinajstić information content (AvgIpc) is 3.22. The molecule has 0 aliphatic carbocycles. The third-order valence-electron chi connectivity index (χ3n) is 4.92. The van der Waals surface area contributed by atoms with Gasteiger partial charge in [0.2, 0.25) is 0 Å². The Morgan fingerprint density at radius 2 is 1.86 bits per heavy atom. The van der Waals surface area contributed by atoms with E-state index >= 15 is 0 Å². The van der Waals surface area contributed by atoms with Crippen molar-refractivity contribution in [3.8, 4) is 5.75 Å². The number of phenolic OH excluding ortho intramolecular Hbond substituents is 1. The number of nitrogens with one attached hydrogen (secondary N) is 2. The molecule has 1 heterocycles. The maximum atomic E-state index is 13.5. The van der Waals surface area contributed by atoms with E-state index in [2.05, 4.69) is 44.8 Å². The van der Waals surface area contributed by atoms with Gasteiger partial charge in [0.15, 0.2) is 17.5 Å². The lowest BCUT2D eigenvalue weighted by Crippen LogP contribution is -2.42. The van der Waals surface area contributed by atoms with Crippen molar-refractivity contribution >= 4 is 29.9 Å². The van der Waals surface area contributed by atoms with Crippen molar-refractivity contribution in [2.45, 2.75) is 25.4 Å². The standard InChI is InChI=1S/C21H27FN4O.HI/c1-23-21(24-14-16-9-10-20(27)18(22)13-16)25-15-19(26-11-5-6-12-26)17-7-3-2-4-8-17;/h2-4,7-10,13,19,27H,5-6,11-12,14-15H2,1H3,(H2,23,24,25);1H. The predicted octanol–water partition coefficient (Wildman–Crippen LogP) is 3.65. The second-order valence-corrected chi connectivity index (χ2v) is 6.76. The van der Waals surface area contributed by atoms with Crippen molar-refractivity contribution in [3.63, 3.8) is 0 Å². The normalized spacial score (nSPS) is 15.7. The van der Waals surface area contributed by atoms with Crippen LogP contribution in [0.3, 0.4) is 0 Å². The molecule has 5 nitrogen and oxygen atoms in total. The molecule has 0 bridgehead atoms. The summed E-state index contributed by atoms with van der Waals surface area (Å²) in [5.74, 6) is -0.281. The largest absolute Gasteiger partial charge is 0.505 e. The fraction of sp³-hybridized carbons (Fsp3) is 0.381. The van der Waals surface area contributed by atoms with Crippen LogP contribution in [0.4, 0.5) is 4.39 Å². The van der Waals surface area contributed by atoms with Crippen molar-refractivity contribution in [2.24, 2.45) is 4.99 Å². The maximum absolute atomic E-state index is 13.5. The van der Waals surface area contributed by atoms with E-state index in [0.29, 0.717) is 18.5 Å². The van der Waals surface area contributed by atoms with E-state index in [-0.39, 0.29) is 29.7 Å². The van der Waals surface area contributed by atoms with E-state index < -0.39 is 5.82 Å². The molecule has 1 saturated heterocycles. The van der Waals surface area contributed by atoms with Crippen LogP contribution in [0.25, 0.3) is 0 Å². The fourth-order valence-corrected chi connectivity index (χ4v) is 3.45. The second-order valence-electron chi connectivity index (χ2n) is 6.76. The summed E-state index contributed by atoms with van der Waals surface area (Å²) in [6, 6.07) is 15.2. The molecule has 1 fully saturated rings. The number of guanidine groups is 1. The summed E-state index contributed by atoms with van der Waals surface area (Å²) < 4.78 is 13.5. The Bertz CT molecular complexity index is 766. The summed E-state index contributed by atoms with van der Waals surface area (Å²) >= 11 is 0. The molecule has 0 radical (unpaired) electrons. The highest BCUT2D eigenvalue weighted by Gasteiger charge is 2.23. The van der Waals surface area contributed by atoms with Gasteiger partial charge in [-0.3, -0.25) is 9.89 Å². The molecule has 2 aromatic rings. The summed E-state index contributed by atoms with van der Waals surface area (Å²) in [5.41, 5.74) is 2.04. The molecule has 0 aromatic heterocycles. The maximum Gasteiger partial charge on any atom is 0.191 e. The van der Waals surface area contributed by atoms with E-state index in [4.69, 9.17) is 0 Å². The predicted molar refractivity (Wildman–Crippen MR) is 122 cm³/mol. The van der Waals surface area contributed by atoms with Gasteiger partial charge in [-0.25, -0.2) is 4.39 Å². The van der Waals surface area contributed by atoms with Gasteiger partial charge in [0.25, 0.3) is 0 Å². The van der Waals surface area contributed by atoms with Gasteiger partial charge in [0.1, 0.15) is 0 Å². The molecular weight excluding hydrogens is 470 g/mol. The van der Waals surface area contributed by atoms with E-state index in [1.165, 1.54) is 30.5 Å². The fourth-order valence-electron chi connectivity index (χ4n) is 3.45. The molecule has 1 aliphatic rings. The first-order chi connectivity index (χ1) is 13.2. The summed E-state index contributed by atoms with van der Waals surface area (Å²) in [4.78, 5) is 6.77. The van der Waals surface area contributed by atoms with Crippen LogP contribution in [-0.2, 0) is 6.54 Å². The third-order valence-corrected chi connectivity index (χ3v) is 4.92. The van der Waals surface area contributed by atoms with Crippen LogP contribution in [0.2, 0.25) is 0 Å². The number of hydrogen-bond acceptors (Lipinski definition) is 3. The van der Waals surface area contributed by atoms with Gasteiger partial charge in [-0.1, -0.05) is 36.4 Å². The zero-order valence-electron chi connectivity index (χ0n) is 16.1. The molecule has 28 heavy (non-hydrogen) atoms. The molecule has 0 saturated carbocycles. The zero-order chi connectivity index (χ0) is 19.1. The van der Waals surface area contributed by atoms with Crippen LogP contribution in [-0.4, -0.2) is 42.6 Å². The van der Waals surface area contributed by atoms with Crippen molar-refractivity contribution in [2.75, 3.05) is 26.7 Å². The number of rotatable bonds is 6. The highest BCUT2D eigenvalue weighted by atomic mass is 127. The third kappa shape index (κ3) is 6.07. The van der Waals surface area contributed by atoms with Crippen molar-refractivity contribution in [1.82, 2.24) is 15.5 Å². The SMILES string of the molecule is CN=C(NCc1ccc(O)c(F)c1)NCC(c1ccccc1)N1CCCC1.I. The number of phenols is 1. The first-order valence-electron chi connectivity index (χ1n) is 9.38. The molecule has 1 unspecified atom stereocenters. The van der Waals surface area contributed by atoms with Gasteiger partial charge >= 0.3 is 0 Å². The first kappa shape index (κ1) is 22.4. The van der Waals surface area contributed by atoms with Gasteiger partial charge in [-0.05, 0) is 49.2 Å². The van der Waals surface area contributed by atoms with E-state index in [1.807, 2.05) is 6.07 Å². The smallest absolute Gasteiger partial charge is 0.191 e. The van der Waals surface area contributed by atoms with Crippen LogP contribution >= 0.6 is 24.0 Å². The quantitative estimate of drug-likeness (QED) is 0.324. The van der Waals surface area contributed by atoms with Crippen LogP contribution in [0.1, 0.15) is 30.0 Å². The van der Waals surface area contributed by atoms with Crippen LogP contribution in [0.15, 0.2) is 53.5 Å². The molecule has 1 atom stereocenters. The monoisotopic (exact) mass is 498 g/mol. The molecule has 2 aromatic carbocycles. The van der Waals surface area contributed by atoms with Crippen molar-refractivity contribution in [3.05, 3.63) is 65.5 Å². The highest BCUT2D eigenvalue weighted by Crippen LogP contribution is 2.24. The Morgan fingerprint density at radius 1 is 1.14 bits per heavy atom. The van der Waals surface area contributed by atoms with E-state index in [9.17, 15) is 9.50 Å². The minimum Gasteiger partial charge on any atom is -0.505 e. The van der Waals surface area contributed by atoms with Gasteiger partial charge < -0.3 is 15.7 Å². The first-order valence-corrected chi connectivity index (χ1v) is 9.38. The molecule has 0 amide bonds. The molecule has 152 valence electrons. The van der Waals surface area contributed by atoms with Crippen LogP contribution in [0, 0.1) is 5.82 Å². The van der Waals surface area contributed by atoms with Crippen LogP contribution < -0.4 is 10.6 Å². The highest BCUT2D eigenvalue weighted by molar-refractivity contribution is 14.0. The summed E-state index contributed by atoms with van der Waals surface area (Å²) in [6.07, 6.45) is 2.48. The van der Waals surface area contributed by atoms with Crippen molar-refractivity contribution < 1.29 is 9.50 Å². The zero-order valence-corrected chi connectivity index (χ0v) is 18.4. The van der Waals surface area contributed by atoms with Crippen LogP contribution in [0.5, 0.6) is 5.75 Å².